The van der Waals surface area contributed by atoms with E-state index in [1.165, 1.54) is 0 Å². The van der Waals surface area contributed by atoms with Crippen LogP contribution in [0.1, 0.15) is 17.4 Å². The van der Waals surface area contributed by atoms with E-state index in [9.17, 15) is 4.79 Å². The molecule has 0 spiro atoms. The van der Waals surface area contributed by atoms with Crippen molar-refractivity contribution >= 4 is 28.4 Å². The monoisotopic (exact) mass is 251 g/mol. The van der Waals surface area contributed by atoms with E-state index >= 15 is 0 Å². The number of aromatic nitrogens is 1. The van der Waals surface area contributed by atoms with Crippen LogP contribution in [0, 0.1) is 0 Å². The summed E-state index contributed by atoms with van der Waals surface area (Å²) in [5.41, 5.74) is 6.94. The van der Waals surface area contributed by atoms with E-state index in [-0.39, 0.29) is 11.9 Å². The number of nitrogens with one attached hydrogen (secondary N) is 2. The van der Waals surface area contributed by atoms with Gasteiger partial charge < -0.3 is 16.0 Å². The molecule has 2 rings (SSSR count). The Bertz CT molecular complexity index is 548. The molecule has 1 unspecified atom stereocenters. The van der Waals surface area contributed by atoms with Gasteiger partial charge in [-0.2, -0.15) is 0 Å². The van der Waals surface area contributed by atoms with E-state index < -0.39 is 0 Å². The molecule has 1 aromatic carbocycles. The molecule has 0 aliphatic rings. The summed E-state index contributed by atoms with van der Waals surface area (Å²) in [5, 5.41) is 4.35. The lowest BCUT2D eigenvalue weighted by atomic mass is 10.2. The number of hydrogen-bond donors (Lipinski definition) is 3. The Labute approximate surface area is 104 Å². The fourth-order valence-electron chi connectivity index (χ4n) is 1.57. The molecule has 1 heterocycles. The molecule has 2 aromatic rings. The predicted molar refractivity (Wildman–Crippen MR) is 69.3 cm³/mol. The van der Waals surface area contributed by atoms with E-state index in [2.05, 4.69) is 10.3 Å². The van der Waals surface area contributed by atoms with Gasteiger partial charge in [0.05, 0.1) is 0 Å². The topological polar surface area (TPSA) is 70.9 Å². The van der Waals surface area contributed by atoms with Gasteiger partial charge in [0.1, 0.15) is 5.69 Å². The summed E-state index contributed by atoms with van der Waals surface area (Å²) in [6.07, 6.45) is 0. The van der Waals surface area contributed by atoms with Gasteiger partial charge in [0.15, 0.2) is 0 Å². The van der Waals surface area contributed by atoms with Crippen molar-refractivity contribution in [1.82, 2.24) is 10.3 Å². The molecule has 1 amide bonds. The van der Waals surface area contributed by atoms with E-state index in [4.69, 9.17) is 17.3 Å². The van der Waals surface area contributed by atoms with Crippen molar-refractivity contribution < 1.29 is 4.79 Å². The smallest absolute Gasteiger partial charge is 0.267 e. The maximum atomic E-state index is 11.8. The van der Waals surface area contributed by atoms with Gasteiger partial charge in [0.2, 0.25) is 0 Å². The Morgan fingerprint density at radius 3 is 3.00 bits per heavy atom. The van der Waals surface area contributed by atoms with Crippen LogP contribution in [0.5, 0.6) is 0 Å². The second kappa shape index (κ2) is 4.77. The van der Waals surface area contributed by atoms with E-state index in [1.54, 1.807) is 18.2 Å². The minimum atomic E-state index is -0.158. The molecule has 0 bridgehead atoms. The molecule has 1 aromatic heterocycles. The van der Waals surface area contributed by atoms with E-state index in [0.717, 1.165) is 10.9 Å². The maximum absolute atomic E-state index is 11.8. The van der Waals surface area contributed by atoms with Crippen molar-refractivity contribution in [2.45, 2.75) is 13.0 Å². The van der Waals surface area contributed by atoms with E-state index in [0.29, 0.717) is 17.3 Å². The zero-order valence-electron chi connectivity index (χ0n) is 9.46. The van der Waals surface area contributed by atoms with E-state index in [1.807, 2.05) is 13.0 Å². The Morgan fingerprint density at radius 2 is 2.29 bits per heavy atom. The first-order valence-corrected chi connectivity index (χ1v) is 5.76. The number of fused-ring (bicyclic) bond motifs is 1. The Hall–Kier alpha value is -1.52. The number of hydrogen-bond acceptors (Lipinski definition) is 2. The molecule has 4 nitrogen and oxygen atoms in total. The number of H-pyrrole nitrogens is 1. The Morgan fingerprint density at radius 1 is 1.53 bits per heavy atom. The SMILES string of the molecule is CC(N)CNC(=O)c1cc2ccc(Cl)cc2[nH]1. The van der Waals surface area contributed by atoms with Crippen LogP contribution in [-0.2, 0) is 0 Å². The molecule has 90 valence electrons. The Kier molecular flexibility index (Phi) is 3.36. The van der Waals surface area contributed by atoms with Crippen LogP contribution in [-0.4, -0.2) is 23.5 Å². The Balaban J connectivity index is 2.21. The minimum Gasteiger partial charge on any atom is -0.350 e. The van der Waals surface area contributed by atoms with Crippen molar-refractivity contribution in [2.24, 2.45) is 5.73 Å². The summed E-state index contributed by atoms with van der Waals surface area (Å²) >= 11 is 5.87. The third-order valence-electron chi connectivity index (χ3n) is 2.41. The van der Waals surface area contributed by atoms with Crippen molar-refractivity contribution in [3.8, 4) is 0 Å². The first kappa shape index (κ1) is 12.0. The number of amides is 1. The van der Waals surface area contributed by atoms with Crippen LogP contribution in [0.15, 0.2) is 24.3 Å². The lowest BCUT2D eigenvalue weighted by molar-refractivity contribution is 0.0947. The highest BCUT2D eigenvalue weighted by atomic mass is 35.5. The standard InChI is InChI=1S/C12H14ClN3O/c1-7(14)6-15-12(17)11-4-8-2-3-9(13)5-10(8)16-11/h2-5,7,16H,6,14H2,1H3,(H,15,17). The fourth-order valence-corrected chi connectivity index (χ4v) is 1.74. The number of rotatable bonds is 3. The first-order valence-electron chi connectivity index (χ1n) is 5.38. The number of aromatic amines is 1. The molecule has 0 aliphatic heterocycles. The molecule has 5 heteroatoms. The van der Waals surface area contributed by atoms with Crippen LogP contribution >= 0.6 is 11.6 Å². The predicted octanol–water partition coefficient (Wildman–Crippen LogP) is 1.90. The summed E-state index contributed by atoms with van der Waals surface area (Å²) in [6, 6.07) is 7.19. The second-order valence-corrected chi connectivity index (χ2v) is 4.54. The molecule has 1 atom stereocenters. The van der Waals surface area contributed by atoms with Crippen LogP contribution in [0.2, 0.25) is 5.02 Å². The highest BCUT2D eigenvalue weighted by Crippen LogP contribution is 2.19. The van der Waals surface area contributed by atoms with Gasteiger partial charge in [-0.3, -0.25) is 4.79 Å². The fraction of sp³-hybridized carbons (Fsp3) is 0.250. The van der Waals surface area contributed by atoms with Crippen LogP contribution in [0.25, 0.3) is 10.9 Å². The lowest BCUT2D eigenvalue weighted by Crippen LogP contribution is -2.35. The highest BCUT2D eigenvalue weighted by Gasteiger charge is 2.09. The van der Waals surface area contributed by atoms with Gasteiger partial charge in [-0.05, 0) is 25.1 Å². The minimum absolute atomic E-state index is 0.0576. The molecular formula is C12H14ClN3O. The second-order valence-electron chi connectivity index (χ2n) is 4.10. The van der Waals surface area contributed by atoms with Crippen LogP contribution in [0.4, 0.5) is 0 Å². The van der Waals surface area contributed by atoms with Gasteiger partial charge in [0.25, 0.3) is 5.91 Å². The summed E-state index contributed by atoms with van der Waals surface area (Å²) < 4.78 is 0. The third-order valence-corrected chi connectivity index (χ3v) is 2.65. The molecule has 0 radical (unpaired) electrons. The van der Waals surface area contributed by atoms with Gasteiger partial charge >= 0.3 is 0 Å². The van der Waals surface area contributed by atoms with Gasteiger partial charge in [0, 0.05) is 28.5 Å². The molecule has 0 saturated heterocycles. The van der Waals surface area contributed by atoms with Crippen molar-refractivity contribution in [3.05, 3.63) is 35.0 Å². The largest absolute Gasteiger partial charge is 0.350 e. The number of carbonyl (C=O) groups is 1. The number of benzene rings is 1. The van der Waals surface area contributed by atoms with Crippen molar-refractivity contribution in [1.29, 1.82) is 0 Å². The third kappa shape index (κ3) is 2.78. The number of halogens is 1. The first-order chi connectivity index (χ1) is 8.06. The molecule has 0 fully saturated rings. The molecular weight excluding hydrogens is 238 g/mol. The summed E-state index contributed by atoms with van der Waals surface area (Å²) in [6.45, 7) is 2.29. The van der Waals surface area contributed by atoms with Gasteiger partial charge in [-0.25, -0.2) is 0 Å². The molecule has 0 saturated carbocycles. The van der Waals surface area contributed by atoms with Gasteiger partial charge in [-0.15, -0.1) is 0 Å². The summed E-state index contributed by atoms with van der Waals surface area (Å²) in [7, 11) is 0. The van der Waals surface area contributed by atoms with Gasteiger partial charge in [-0.1, -0.05) is 17.7 Å². The van der Waals surface area contributed by atoms with Crippen LogP contribution in [0.3, 0.4) is 0 Å². The zero-order valence-corrected chi connectivity index (χ0v) is 10.2. The molecule has 17 heavy (non-hydrogen) atoms. The van der Waals surface area contributed by atoms with Crippen molar-refractivity contribution in [2.75, 3.05) is 6.54 Å². The van der Waals surface area contributed by atoms with Crippen LogP contribution < -0.4 is 11.1 Å². The average Bonchev–Trinajstić information content (AvgIpc) is 2.68. The molecule has 4 N–H and O–H groups in total. The lowest BCUT2D eigenvalue weighted by Gasteiger charge is -2.05. The zero-order chi connectivity index (χ0) is 12.4. The maximum Gasteiger partial charge on any atom is 0.267 e. The normalized spacial score (nSPS) is 12.6. The summed E-state index contributed by atoms with van der Waals surface area (Å²) in [5.74, 6) is -0.158. The highest BCUT2D eigenvalue weighted by molar-refractivity contribution is 6.31. The summed E-state index contributed by atoms with van der Waals surface area (Å²) in [4.78, 5) is 14.8. The quantitative estimate of drug-likeness (QED) is 0.780. The number of nitrogens with two attached hydrogens (primary N) is 1. The molecule has 0 aliphatic carbocycles. The van der Waals surface area contributed by atoms with Crippen molar-refractivity contribution in [3.63, 3.8) is 0 Å². The number of carbonyl (C=O) groups excluding carboxylic acids is 1. The average molecular weight is 252 g/mol.